The summed E-state index contributed by atoms with van der Waals surface area (Å²) >= 11 is 0. The molecule has 0 unspecified atom stereocenters. The van der Waals surface area contributed by atoms with Gasteiger partial charge in [0.05, 0.1) is 38.8 Å². The summed E-state index contributed by atoms with van der Waals surface area (Å²) in [7, 11) is 4.62. The van der Waals surface area contributed by atoms with Crippen LogP contribution in [0.15, 0.2) is 41.5 Å². The summed E-state index contributed by atoms with van der Waals surface area (Å²) in [6.45, 7) is 4.09. The number of carbonyl (C=O) groups excluding carboxylic acids is 1. The van der Waals surface area contributed by atoms with Gasteiger partial charge in [-0.15, -0.1) is 0 Å². The highest BCUT2D eigenvalue weighted by molar-refractivity contribution is 5.95. The Bertz CT molecular complexity index is 1060. The summed E-state index contributed by atoms with van der Waals surface area (Å²) in [5, 5.41) is 11.0. The van der Waals surface area contributed by atoms with Gasteiger partial charge in [0, 0.05) is 17.7 Å². The Morgan fingerprint density at radius 3 is 2.30 bits per heavy atom. The zero-order valence-electron chi connectivity index (χ0n) is 17.6. The first-order valence-corrected chi connectivity index (χ1v) is 9.23. The van der Waals surface area contributed by atoms with Gasteiger partial charge in [-0.3, -0.25) is 9.89 Å². The van der Waals surface area contributed by atoms with E-state index in [1.165, 1.54) is 26.0 Å². The van der Waals surface area contributed by atoms with E-state index in [1.54, 1.807) is 25.3 Å². The number of aryl methyl sites for hydroxylation is 2. The molecule has 1 amide bonds. The molecule has 30 heavy (non-hydrogen) atoms. The molecule has 8 heteroatoms. The predicted molar refractivity (Wildman–Crippen MR) is 115 cm³/mol. The van der Waals surface area contributed by atoms with Gasteiger partial charge in [-0.25, -0.2) is 5.43 Å². The normalized spacial score (nSPS) is 10.8. The summed E-state index contributed by atoms with van der Waals surface area (Å²) in [6, 6.07) is 11.1. The number of nitrogens with zero attached hydrogens (tertiary/aromatic N) is 2. The van der Waals surface area contributed by atoms with Crippen LogP contribution < -0.4 is 19.6 Å². The number of aromatic nitrogens is 2. The minimum atomic E-state index is -0.416. The van der Waals surface area contributed by atoms with E-state index in [1.807, 2.05) is 32.0 Å². The zero-order valence-corrected chi connectivity index (χ0v) is 17.6. The number of nitrogens with one attached hydrogen (secondary N) is 2. The Labute approximate surface area is 174 Å². The van der Waals surface area contributed by atoms with Crippen molar-refractivity contribution in [2.75, 3.05) is 21.3 Å². The Morgan fingerprint density at radius 1 is 1.00 bits per heavy atom. The number of carbonyl (C=O) groups is 1. The molecule has 0 aliphatic heterocycles. The number of rotatable bonds is 7. The molecule has 2 N–H and O–H groups in total. The quantitative estimate of drug-likeness (QED) is 0.461. The van der Waals surface area contributed by atoms with Crippen molar-refractivity contribution in [3.8, 4) is 28.5 Å². The Hall–Kier alpha value is -3.81. The van der Waals surface area contributed by atoms with E-state index in [0.717, 1.165) is 11.1 Å². The molecule has 0 aliphatic carbocycles. The molecule has 0 bridgehead atoms. The van der Waals surface area contributed by atoms with Crippen molar-refractivity contribution in [3.63, 3.8) is 0 Å². The number of aromatic amines is 1. The van der Waals surface area contributed by atoms with Crippen LogP contribution in [0.1, 0.15) is 27.2 Å². The fourth-order valence-corrected chi connectivity index (χ4v) is 2.86. The number of hydrogen-bond acceptors (Lipinski definition) is 6. The van der Waals surface area contributed by atoms with E-state index in [2.05, 4.69) is 20.7 Å². The summed E-state index contributed by atoms with van der Waals surface area (Å²) < 4.78 is 15.9. The summed E-state index contributed by atoms with van der Waals surface area (Å²) in [4.78, 5) is 12.4. The average Bonchev–Trinajstić information content (AvgIpc) is 3.25. The third-order valence-corrected chi connectivity index (χ3v) is 4.74. The fraction of sp³-hybridized carbons (Fsp3) is 0.227. The van der Waals surface area contributed by atoms with Gasteiger partial charge >= 0.3 is 0 Å². The van der Waals surface area contributed by atoms with Crippen LogP contribution >= 0.6 is 0 Å². The van der Waals surface area contributed by atoms with Crippen molar-refractivity contribution < 1.29 is 19.0 Å². The van der Waals surface area contributed by atoms with Crippen molar-refractivity contribution in [1.29, 1.82) is 0 Å². The first-order chi connectivity index (χ1) is 14.5. The molecule has 1 heterocycles. The molecule has 0 radical (unpaired) electrons. The molecule has 0 saturated heterocycles. The molecule has 1 aromatic heterocycles. The summed E-state index contributed by atoms with van der Waals surface area (Å²) in [5.74, 6) is 1.17. The van der Waals surface area contributed by atoms with Crippen LogP contribution in [0.3, 0.4) is 0 Å². The maximum absolute atomic E-state index is 12.4. The number of benzene rings is 2. The van der Waals surface area contributed by atoms with Crippen LogP contribution in [0.4, 0.5) is 0 Å². The van der Waals surface area contributed by atoms with Gasteiger partial charge in [-0.05, 0) is 37.1 Å². The number of methoxy groups -OCH3 is 3. The van der Waals surface area contributed by atoms with E-state index in [0.29, 0.717) is 34.2 Å². The zero-order chi connectivity index (χ0) is 21.7. The molecule has 3 rings (SSSR count). The molecule has 3 aromatic rings. The van der Waals surface area contributed by atoms with Gasteiger partial charge in [0.15, 0.2) is 0 Å². The van der Waals surface area contributed by atoms with Gasteiger partial charge in [0.1, 0.15) is 22.9 Å². The molecule has 2 aromatic carbocycles. The highest BCUT2D eigenvalue weighted by Crippen LogP contribution is 2.32. The van der Waals surface area contributed by atoms with E-state index >= 15 is 0 Å². The number of hydrogen-bond donors (Lipinski definition) is 2. The fourth-order valence-electron chi connectivity index (χ4n) is 2.86. The topological polar surface area (TPSA) is 97.8 Å². The second-order valence-electron chi connectivity index (χ2n) is 6.61. The lowest BCUT2D eigenvalue weighted by molar-refractivity contribution is 0.0950. The summed E-state index contributed by atoms with van der Waals surface area (Å²) in [5.41, 5.74) is 7.33. The Kier molecular flexibility index (Phi) is 6.36. The lowest BCUT2D eigenvalue weighted by Gasteiger charge is -2.12. The van der Waals surface area contributed by atoms with E-state index < -0.39 is 5.91 Å². The van der Waals surface area contributed by atoms with Crippen LogP contribution in [0.2, 0.25) is 0 Å². The number of amides is 1. The third-order valence-electron chi connectivity index (χ3n) is 4.74. The Morgan fingerprint density at radius 2 is 1.70 bits per heavy atom. The molecule has 0 fully saturated rings. The number of hydrazone groups is 1. The van der Waals surface area contributed by atoms with Crippen molar-refractivity contribution in [1.82, 2.24) is 15.6 Å². The highest BCUT2D eigenvalue weighted by Gasteiger charge is 2.13. The van der Waals surface area contributed by atoms with Gasteiger partial charge in [0.25, 0.3) is 5.91 Å². The standard InChI is InChI=1S/C22H24N4O4/c1-13-6-7-15(8-14(13)2)18-11-19(25-24-18)22(27)26-23-12-17-20(29-4)9-16(28-3)10-21(17)30-5/h6-12H,1-5H3,(H,24,25)(H,26,27). The van der Waals surface area contributed by atoms with Crippen LogP contribution in [0, 0.1) is 13.8 Å². The monoisotopic (exact) mass is 408 g/mol. The van der Waals surface area contributed by atoms with Crippen molar-refractivity contribution in [2.24, 2.45) is 5.10 Å². The molecule has 0 atom stereocenters. The largest absolute Gasteiger partial charge is 0.496 e. The Balaban J connectivity index is 1.76. The molecule has 0 spiro atoms. The van der Waals surface area contributed by atoms with Gasteiger partial charge in [-0.2, -0.15) is 10.2 Å². The average molecular weight is 408 g/mol. The first kappa shape index (κ1) is 20.9. The third kappa shape index (κ3) is 4.43. The van der Waals surface area contributed by atoms with Crippen molar-refractivity contribution in [3.05, 3.63) is 58.8 Å². The SMILES string of the molecule is COc1cc(OC)c(C=NNC(=O)c2cc(-c3ccc(C)c(C)c3)n[nH]2)c(OC)c1. The molecule has 0 aliphatic rings. The number of H-pyrrole nitrogens is 1. The second kappa shape index (κ2) is 9.13. The van der Waals surface area contributed by atoms with E-state index in [9.17, 15) is 4.79 Å². The molecule has 8 nitrogen and oxygen atoms in total. The first-order valence-electron chi connectivity index (χ1n) is 9.23. The van der Waals surface area contributed by atoms with Gasteiger partial charge in [0.2, 0.25) is 0 Å². The van der Waals surface area contributed by atoms with E-state index in [4.69, 9.17) is 14.2 Å². The smallest absolute Gasteiger partial charge is 0.289 e. The minimum absolute atomic E-state index is 0.300. The van der Waals surface area contributed by atoms with Crippen LogP contribution in [0.5, 0.6) is 17.2 Å². The van der Waals surface area contributed by atoms with Crippen LogP contribution in [0.25, 0.3) is 11.3 Å². The van der Waals surface area contributed by atoms with Gasteiger partial charge < -0.3 is 14.2 Å². The number of ether oxygens (including phenoxy) is 3. The molecular formula is C22H24N4O4. The van der Waals surface area contributed by atoms with Crippen LogP contribution in [-0.2, 0) is 0 Å². The van der Waals surface area contributed by atoms with Gasteiger partial charge in [-0.1, -0.05) is 12.1 Å². The maximum Gasteiger partial charge on any atom is 0.289 e. The lowest BCUT2D eigenvalue weighted by Crippen LogP contribution is -2.18. The minimum Gasteiger partial charge on any atom is -0.496 e. The maximum atomic E-state index is 12.4. The lowest BCUT2D eigenvalue weighted by atomic mass is 10.0. The van der Waals surface area contributed by atoms with Crippen molar-refractivity contribution >= 4 is 12.1 Å². The predicted octanol–water partition coefficient (Wildman–Crippen LogP) is 3.48. The molecule has 0 saturated carbocycles. The second-order valence-corrected chi connectivity index (χ2v) is 6.61. The van der Waals surface area contributed by atoms with Crippen LogP contribution in [-0.4, -0.2) is 43.6 Å². The summed E-state index contributed by atoms with van der Waals surface area (Å²) in [6.07, 6.45) is 1.45. The highest BCUT2D eigenvalue weighted by atomic mass is 16.5. The van der Waals surface area contributed by atoms with Crippen molar-refractivity contribution in [2.45, 2.75) is 13.8 Å². The molecule has 156 valence electrons. The molecular weight excluding hydrogens is 384 g/mol. The van der Waals surface area contributed by atoms with E-state index in [-0.39, 0.29) is 0 Å².